The second-order valence-corrected chi connectivity index (χ2v) is 8.24. The van der Waals surface area contributed by atoms with E-state index in [0.29, 0.717) is 13.0 Å². The van der Waals surface area contributed by atoms with Gasteiger partial charge in [-0.05, 0) is 36.1 Å². The molecule has 29 heavy (non-hydrogen) atoms. The smallest absolute Gasteiger partial charge is 0.438 e. The number of alkyl halides is 3. The van der Waals surface area contributed by atoms with Gasteiger partial charge in [0.25, 0.3) is 0 Å². The van der Waals surface area contributed by atoms with Crippen LogP contribution in [0.25, 0.3) is 0 Å². The first-order valence-electron chi connectivity index (χ1n) is 8.13. The van der Waals surface area contributed by atoms with Crippen molar-refractivity contribution < 1.29 is 36.0 Å². The highest BCUT2D eigenvalue weighted by atomic mass is 32.2. The molecule has 1 aliphatic rings. The molecule has 0 spiro atoms. The minimum Gasteiger partial charge on any atom is -0.438 e. The summed E-state index contributed by atoms with van der Waals surface area (Å²) in [4.78, 5) is 13.6. The summed E-state index contributed by atoms with van der Waals surface area (Å²) in [6.45, 7) is 1.76. The number of rotatable bonds is 6. The summed E-state index contributed by atoms with van der Waals surface area (Å²) in [5.41, 5.74) is -1.03. The van der Waals surface area contributed by atoms with Gasteiger partial charge < -0.3 is 19.6 Å². The highest BCUT2D eigenvalue weighted by Gasteiger charge is 2.37. The predicted octanol–water partition coefficient (Wildman–Crippen LogP) is 2.21. The molecule has 1 N–H and O–H groups in total. The van der Waals surface area contributed by atoms with E-state index < -0.39 is 32.7 Å². The van der Waals surface area contributed by atoms with Crippen molar-refractivity contribution in [2.75, 3.05) is 6.54 Å². The average molecular weight is 436 g/mol. The van der Waals surface area contributed by atoms with Gasteiger partial charge in [0.05, 0.1) is 11.4 Å². The molecule has 1 aliphatic heterocycles. The van der Waals surface area contributed by atoms with Crippen LogP contribution in [-0.2, 0) is 16.6 Å². The third-order valence-electron chi connectivity index (χ3n) is 4.14. The lowest BCUT2D eigenvalue weighted by Crippen LogP contribution is -2.48. The van der Waals surface area contributed by atoms with Gasteiger partial charge in [0.1, 0.15) is 17.5 Å². The molecule has 1 aromatic heterocycles. The molecule has 0 saturated heterocycles. The highest BCUT2D eigenvalue weighted by molar-refractivity contribution is 7.89. The Hall–Kier alpha value is -2.87. The molecule has 1 unspecified atom stereocenters. The summed E-state index contributed by atoms with van der Waals surface area (Å²) >= 11 is 0. The molecule has 0 amide bonds. The molecule has 0 aliphatic carbocycles. The summed E-state index contributed by atoms with van der Waals surface area (Å²) in [5.74, 6) is -0.932. The van der Waals surface area contributed by atoms with Crippen LogP contribution in [0.4, 0.5) is 19.0 Å². The molecular weight excluding hydrogens is 421 g/mol. The number of aryl methyl sites for hydroxylation is 1. The number of imidazole rings is 1. The highest BCUT2D eigenvalue weighted by Crippen LogP contribution is 2.30. The quantitative estimate of drug-likeness (QED) is 0.544. The minimum absolute atomic E-state index is 0.00157. The van der Waals surface area contributed by atoms with E-state index in [0.717, 1.165) is 24.3 Å². The van der Waals surface area contributed by atoms with Crippen LogP contribution in [0.3, 0.4) is 0 Å². The van der Waals surface area contributed by atoms with Crippen LogP contribution in [0, 0.1) is 10.1 Å². The topological polar surface area (TPSA) is 126 Å². The van der Waals surface area contributed by atoms with Crippen molar-refractivity contribution in [2.45, 2.75) is 36.7 Å². The number of sulfonamides is 1. The third-order valence-corrected chi connectivity index (χ3v) is 5.55. The maximum atomic E-state index is 12.4. The zero-order valence-electron chi connectivity index (χ0n) is 14.8. The van der Waals surface area contributed by atoms with Gasteiger partial charge in [-0.1, -0.05) is 0 Å². The summed E-state index contributed by atoms with van der Waals surface area (Å²) in [6.07, 6.45) is -3.32. The van der Waals surface area contributed by atoms with E-state index >= 15 is 0 Å². The predicted molar refractivity (Wildman–Crippen MR) is 90.8 cm³/mol. The van der Waals surface area contributed by atoms with Crippen LogP contribution in [0.1, 0.15) is 13.3 Å². The van der Waals surface area contributed by atoms with Crippen molar-refractivity contribution in [3.63, 3.8) is 0 Å². The molecule has 14 heteroatoms. The lowest BCUT2D eigenvalue weighted by atomic mass is 10.0. The largest absolute Gasteiger partial charge is 0.573 e. The number of hydrogen-bond donors (Lipinski definition) is 1. The van der Waals surface area contributed by atoms with Gasteiger partial charge in [-0.15, -0.1) is 13.2 Å². The number of hydrogen-bond acceptors (Lipinski definition) is 7. The molecule has 1 atom stereocenters. The zero-order chi connectivity index (χ0) is 21.4. The van der Waals surface area contributed by atoms with Gasteiger partial charge in [-0.3, -0.25) is 4.57 Å². The lowest BCUT2D eigenvalue weighted by Gasteiger charge is -2.32. The molecule has 2 heterocycles. The second-order valence-electron chi connectivity index (χ2n) is 6.48. The Kier molecular flexibility index (Phi) is 5.17. The third kappa shape index (κ3) is 4.95. The van der Waals surface area contributed by atoms with Crippen molar-refractivity contribution >= 4 is 15.8 Å². The van der Waals surface area contributed by atoms with E-state index in [2.05, 4.69) is 14.4 Å². The number of ether oxygens (including phenoxy) is 2. The fraction of sp³-hybridized carbons (Fsp3) is 0.400. The summed E-state index contributed by atoms with van der Waals surface area (Å²) in [6, 6.07) is 3.72. The lowest BCUT2D eigenvalue weighted by molar-refractivity contribution is -0.389. The summed E-state index contributed by atoms with van der Waals surface area (Å²) < 4.78 is 74.5. The molecule has 158 valence electrons. The van der Waals surface area contributed by atoms with E-state index in [1.165, 1.54) is 10.8 Å². The van der Waals surface area contributed by atoms with Crippen molar-refractivity contribution in [1.82, 2.24) is 14.3 Å². The first kappa shape index (κ1) is 20.9. The Morgan fingerprint density at radius 3 is 2.62 bits per heavy atom. The molecule has 3 rings (SSSR count). The number of fused-ring (bicyclic) bond motifs is 1. The Balaban J connectivity index is 1.67. The fourth-order valence-electron chi connectivity index (χ4n) is 2.62. The van der Waals surface area contributed by atoms with Crippen LogP contribution in [0.15, 0.2) is 35.4 Å². The van der Waals surface area contributed by atoms with Gasteiger partial charge >= 0.3 is 18.2 Å². The van der Waals surface area contributed by atoms with E-state index in [1.807, 2.05) is 0 Å². The van der Waals surface area contributed by atoms with Crippen LogP contribution >= 0.6 is 0 Å². The van der Waals surface area contributed by atoms with Crippen LogP contribution in [-0.4, -0.2) is 41.4 Å². The molecule has 2 aromatic rings. The Bertz CT molecular complexity index is 1020. The number of nitro groups is 1. The number of nitrogens with one attached hydrogen (secondary N) is 1. The van der Waals surface area contributed by atoms with E-state index in [1.54, 1.807) is 6.92 Å². The molecule has 0 radical (unpaired) electrons. The molecular formula is C15H15F3N4O6S. The van der Waals surface area contributed by atoms with Crippen molar-refractivity contribution in [3.8, 4) is 11.8 Å². The minimum atomic E-state index is -4.88. The van der Waals surface area contributed by atoms with E-state index in [4.69, 9.17) is 4.74 Å². The van der Waals surface area contributed by atoms with E-state index in [9.17, 15) is 31.7 Å². The van der Waals surface area contributed by atoms with E-state index in [-0.39, 0.29) is 23.3 Å². The summed E-state index contributed by atoms with van der Waals surface area (Å²) in [5, 5.41) is 10.8. The van der Waals surface area contributed by atoms with Crippen LogP contribution in [0.5, 0.6) is 11.8 Å². The Morgan fingerprint density at radius 2 is 2.03 bits per heavy atom. The molecule has 0 fully saturated rings. The number of aromatic nitrogens is 2. The number of nitrogens with zero attached hydrogens (tertiary/aromatic N) is 3. The first-order valence-corrected chi connectivity index (χ1v) is 9.61. The van der Waals surface area contributed by atoms with Crippen LogP contribution < -0.4 is 14.2 Å². The zero-order valence-corrected chi connectivity index (χ0v) is 15.7. The fourth-order valence-corrected chi connectivity index (χ4v) is 3.78. The molecule has 0 saturated carbocycles. The molecule has 10 nitrogen and oxygen atoms in total. The van der Waals surface area contributed by atoms with Gasteiger partial charge in [0.2, 0.25) is 10.0 Å². The Morgan fingerprint density at radius 1 is 1.38 bits per heavy atom. The van der Waals surface area contributed by atoms with Crippen molar-refractivity contribution in [2.24, 2.45) is 0 Å². The van der Waals surface area contributed by atoms with Gasteiger partial charge in [0, 0.05) is 17.9 Å². The normalized spacial score (nSPS) is 19.3. The number of benzene rings is 1. The first-order chi connectivity index (χ1) is 13.4. The van der Waals surface area contributed by atoms with Gasteiger partial charge in [0.15, 0.2) is 0 Å². The Labute approximate surface area is 162 Å². The summed E-state index contributed by atoms with van der Waals surface area (Å²) in [7, 11) is -4.05. The second kappa shape index (κ2) is 7.18. The molecule has 0 bridgehead atoms. The van der Waals surface area contributed by atoms with Crippen LogP contribution in [0.2, 0.25) is 0 Å². The van der Waals surface area contributed by atoms with Crippen molar-refractivity contribution in [3.05, 3.63) is 40.6 Å². The SMILES string of the molecule is CC1(CNS(=O)(=O)c2ccc(OC(F)(F)F)cc2)CCn2cc([N+](=O)[O-])nc2O1. The maximum Gasteiger partial charge on any atom is 0.573 e. The maximum absolute atomic E-state index is 12.4. The number of halogens is 3. The molecule has 1 aromatic carbocycles. The van der Waals surface area contributed by atoms with Gasteiger partial charge in [-0.2, -0.15) is 0 Å². The van der Waals surface area contributed by atoms with Gasteiger partial charge in [-0.25, -0.2) is 13.1 Å². The van der Waals surface area contributed by atoms with Crippen molar-refractivity contribution in [1.29, 1.82) is 0 Å². The monoisotopic (exact) mass is 436 g/mol. The average Bonchev–Trinajstić information content (AvgIpc) is 3.02. The standard InChI is InChI=1S/C15H15F3N4O6S/c1-14(6-7-21-8-12(22(23)24)20-13(21)28-14)9-19-29(25,26)11-4-2-10(3-5-11)27-15(16,17)18/h2-5,8,19H,6-7,9H2,1H3.